The highest BCUT2D eigenvalue weighted by Crippen LogP contribution is 2.17. The molecule has 0 amide bonds. The van der Waals surface area contributed by atoms with Crippen LogP contribution in [0.15, 0.2) is 29.2 Å². The predicted molar refractivity (Wildman–Crippen MR) is 49.5 cm³/mol. The van der Waals surface area contributed by atoms with Crippen molar-refractivity contribution < 1.29 is 17.6 Å². The van der Waals surface area contributed by atoms with E-state index in [1.165, 1.54) is 24.3 Å². The minimum absolute atomic E-state index is 0.111. The molecule has 0 heterocycles. The van der Waals surface area contributed by atoms with Crippen molar-refractivity contribution in [1.82, 2.24) is 0 Å². The Kier molecular flexibility index (Phi) is 3.00. The minimum Gasteiger partial charge on any atom is -0.300 e. The molecule has 0 aliphatic carbocycles. The molecule has 1 unspecified atom stereocenters. The van der Waals surface area contributed by atoms with Gasteiger partial charge in [-0.1, -0.05) is 12.1 Å². The highest BCUT2D eigenvalue weighted by molar-refractivity contribution is 7.90. The third kappa shape index (κ3) is 2.38. The maximum atomic E-state index is 12.8. The van der Waals surface area contributed by atoms with Crippen LogP contribution in [0, 0.1) is 0 Å². The van der Waals surface area contributed by atoms with Crippen LogP contribution in [0.1, 0.15) is 11.7 Å². The van der Waals surface area contributed by atoms with Crippen molar-refractivity contribution in [3.63, 3.8) is 0 Å². The number of sulfone groups is 1. The molecule has 0 fully saturated rings. The van der Waals surface area contributed by atoms with Gasteiger partial charge in [0.05, 0.1) is 4.90 Å². The van der Waals surface area contributed by atoms with Crippen molar-refractivity contribution in [3.05, 3.63) is 29.8 Å². The molecule has 0 saturated heterocycles. The van der Waals surface area contributed by atoms with Crippen molar-refractivity contribution in [3.8, 4) is 0 Å². The zero-order valence-electron chi connectivity index (χ0n) is 7.48. The van der Waals surface area contributed by atoms with Gasteiger partial charge in [0.15, 0.2) is 22.3 Å². The van der Waals surface area contributed by atoms with Gasteiger partial charge in [0, 0.05) is 6.26 Å². The van der Waals surface area contributed by atoms with Gasteiger partial charge in [0.2, 0.25) is 0 Å². The Balaban J connectivity index is 3.07. The lowest BCUT2D eigenvalue weighted by atomic mass is 10.1. The summed E-state index contributed by atoms with van der Waals surface area (Å²) < 4.78 is 34.8. The van der Waals surface area contributed by atoms with Crippen molar-refractivity contribution in [2.45, 2.75) is 11.1 Å². The maximum absolute atomic E-state index is 12.8. The normalized spacial score (nSPS) is 13.6. The number of rotatable bonds is 3. The average Bonchev–Trinajstić information content (AvgIpc) is 2.15. The van der Waals surface area contributed by atoms with Gasteiger partial charge in [0.1, 0.15) is 0 Å². The molecule has 0 aliphatic heterocycles. The summed E-state index contributed by atoms with van der Waals surface area (Å²) in [5.74, 6) is 0. The molecule has 1 aromatic rings. The molecule has 0 aromatic heterocycles. The number of carbonyl (C=O) groups excluding carboxylic acids is 1. The highest BCUT2D eigenvalue weighted by Gasteiger charge is 2.10. The molecule has 76 valence electrons. The van der Waals surface area contributed by atoms with E-state index in [9.17, 15) is 17.6 Å². The summed E-state index contributed by atoms with van der Waals surface area (Å²) in [5, 5.41) is 0. The van der Waals surface area contributed by atoms with Crippen LogP contribution in [0.25, 0.3) is 0 Å². The Labute approximate surface area is 81.5 Å². The second-order valence-corrected chi connectivity index (χ2v) is 4.89. The second-order valence-electron chi connectivity index (χ2n) is 2.88. The van der Waals surface area contributed by atoms with Crippen LogP contribution in [0.3, 0.4) is 0 Å². The molecule has 0 aliphatic rings. The van der Waals surface area contributed by atoms with Gasteiger partial charge in [-0.3, -0.25) is 4.79 Å². The summed E-state index contributed by atoms with van der Waals surface area (Å²) in [4.78, 5) is 10.2. The van der Waals surface area contributed by atoms with Crippen LogP contribution >= 0.6 is 0 Å². The Morgan fingerprint density at radius 3 is 2.14 bits per heavy atom. The molecule has 0 radical (unpaired) electrons. The molecule has 5 heteroatoms. The van der Waals surface area contributed by atoms with E-state index in [1.54, 1.807) is 0 Å². The minimum atomic E-state index is -3.26. The van der Waals surface area contributed by atoms with Crippen LogP contribution in [0.2, 0.25) is 0 Å². The topological polar surface area (TPSA) is 51.2 Å². The highest BCUT2D eigenvalue weighted by atomic mass is 32.2. The Morgan fingerprint density at radius 2 is 1.79 bits per heavy atom. The molecule has 3 nitrogen and oxygen atoms in total. The molecule has 0 bridgehead atoms. The van der Waals surface area contributed by atoms with E-state index in [0.29, 0.717) is 0 Å². The number of hydrogen-bond donors (Lipinski definition) is 0. The van der Waals surface area contributed by atoms with Gasteiger partial charge >= 0.3 is 0 Å². The van der Waals surface area contributed by atoms with Crippen molar-refractivity contribution in [1.29, 1.82) is 0 Å². The molecule has 14 heavy (non-hydrogen) atoms. The van der Waals surface area contributed by atoms with Gasteiger partial charge in [-0.2, -0.15) is 0 Å². The summed E-state index contributed by atoms with van der Waals surface area (Å²) in [5.41, 5.74) is 0.160. The molecule has 1 rings (SSSR count). The van der Waals surface area contributed by atoms with Crippen molar-refractivity contribution >= 4 is 16.1 Å². The van der Waals surface area contributed by atoms with Crippen LogP contribution < -0.4 is 0 Å². The first kappa shape index (κ1) is 10.8. The van der Waals surface area contributed by atoms with Crippen LogP contribution in [0.4, 0.5) is 4.39 Å². The summed E-state index contributed by atoms with van der Waals surface area (Å²) in [7, 11) is -3.26. The third-order valence-electron chi connectivity index (χ3n) is 1.75. The summed E-state index contributed by atoms with van der Waals surface area (Å²) in [6, 6.07) is 5.13. The predicted octanol–water partition coefficient (Wildman–Crippen LogP) is 1.30. The van der Waals surface area contributed by atoms with E-state index in [-0.39, 0.29) is 16.7 Å². The lowest BCUT2D eigenvalue weighted by Crippen LogP contribution is -1.98. The number of alkyl halides is 1. The van der Waals surface area contributed by atoms with Gasteiger partial charge in [-0.05, 0) is 17.7 Å². The number of aldehydes is 1. The van der Waals surface area contributed by atoms with E-state index in [0.717, 1.165) is 6.26 Å². The maximum Gasteiger partial charge on any atom is 0.180 e. The quantitative estimate of drug-likeness (QED) is 0.715. The van der Waals surface area contributed by atoms with E-state index in [1.807, 2.05) is 0 Å². The number of hydrogen-bond acceptors (Lipinski definition) is 3. The first-order chi connectivity index (χ1) is 6.45. The molecule has 0 saturated carbocycles. The number of halogens is 1. The summed E-state index contributed by atoms with van der Waals surface area (Å²) >= 11 is 0. The first-order valence-corrected chi connectivity index (χ1v) is 5.73. The molecular weight excluding hydrogens is 207 g/mol. The Hall–Kier alpha value is -1.23. The third-order valence-corrected chi connectivity index (χ3v) is 2.87. The van der Waals surface area contributed by atoms with Gasteiger partial charge < -0.3 is 0 Å². The van der Waals surface area contributed by atoms with E-state index >= 15 is 0 Å². The first-order valence-electron chi connectivity index (χ1n) is 3.84. The fraction of sp³-hybridized carbons (Fsp3) is 0.222. The molecular formula is C9H9FO3S. The van der Waals surface area contributed by atoms with E-state index < -0.39 is 16.0 Å². The van der Waals surface area contributed by atoms with Gasteiger partial charge in [-0.25, -0.2) is 12.8 Å². The zero-order valence-corrected chi connectivity index (χ0v) is 8.29. The van der Waals surface area contributed by atoms with E-state index in [2.05, 4.69) is 0 Å². The van der Waals surface area contributed by atoms with Gasteiger partial charge in [-0.15, -0.1) is 0 Å². The summed E-state index contributed by atoms with van der Waals surface area (Å²) in [6.45, 7) is 0. The summed E-state index contributed by atoms with van der Waals surface area (Å²) in [6.07, 6.45) is -0.465. The number of benzene rings is 1. The molecule has 1 atom stereocenters. The smallest absolute Gasteiger partial charge is 0.180 e. The lowest BCUT2D eigenvalue weighted by molar-refractivity contribution is -0.112. The molecule has 1 aromatic carbocycles. The van der Waals surface area contributed by atoms with Crippen LogP contribution in [-0.4, -0.2) is 21.0 Å². The molecule has 0 spiro atoms. The average molecular weight is 216 g/mol. The van der Waals surface area contributed by atoms with Crippen molar-refractivity contribution in [2.75, 3.05) is 6.26 Å². The molecule has 0 N–H and O–H groups in total. The Morgan fingerprint density at radius 1 is 1.29 bits per heavy atom. The van der Waals surface area contributed by atoms with E-state index in [4.69, 9.17) is 0 Å². The van der Waals surface area contributed by atoms with Crippen LogP contribution in [0.5, 0.6) is 0 Å². The fourth-order valence-electron chi connectivity index (χ4n) is 0.977. The second kappa shape index (κ2) is 3.88. The van der Waals surface area contributed by atoms with Crippen molar-refractivity contribution in [2.24, 2.45) is 0 Å². The lowest BCUT2D eigenvalue weighted by Gasteiger charge is -2.02. The monoisotopic (exact) mass is 216 g/mol. The number of carbonyl (C=O) groups is 1. The largest absolute Gasteiger partial charge is 0.300 e. The van der Waals surface area contributed by atoms with Crippen LogP contribution in [-0.2, 0) is 14.6 Å². The van der Waals surface area contributed by atoms with Gasteiger partial charge in [0.25, 0.3) is 0 Å². The standard InChI is InChI=1S/C9H9FO3S/c1-14(12,13)8-4-2-7(3-5-8)9(10)6-11/h2-6,9H,1H3. The SMILES string of the molecule is CS(=O)(=O)c1ccc(C(F)C=O)cc1. The fourth-order valence-corrected chi connectivity index (χ4v) is 1.61. The zero-order chi connectivity index (χ0) is 10.8. The Bertz CT molecular complexity index is 422.